The molecule has 0 heterocycles. The first kappa shape index (κ1) is 12.0. The van der Waals surface area contributed by atoms with Crippen molar-refractivity contribution in [2.24, 2.45) is 0 Å². The molecular weight excluding hydrogens is 152 g/mol. The molecule has 0 spiro atoms. The Balaban J connectivity index is 0. The fourth-order valence-corrected chi connectivity index (χ4v) is 0. The zero-order valence-electron chi connectivity index (χ0n) is 6.19. The fourth-order valence-electron chi connectivity index (χ4n) is 0. The van der Waals surface area contributed by atoms with Gasteiger partial charge in [-0.05, 0) is 24.6 Å². The maximum absolute atomic E-state index is 9.46. The van der Waals surface area contributed by atoms with Crippen LogP contribution in [0.15, 0.2) is 25.0 Å². The smallest absolute Gasteiger partial charge is 0.244 e. The molecule has 0 unspecified atom stereocenters. The third kappa shape index (κ3) is 26.9. The van der Waals surface area contributed by atoms with E-state index < -0.39 is 5.24 Å². The van der Waals surface area contributed by atoms with Gasteiger partial charge in [-0.25, -0.2) is 0 Å². The monoisotopic (exact) mass is 162 g/mol. The highest BCUT2D eigenvalue weighted by molar-refractivity contribution is 6.66. The molecule has 2 nitrogen and oxygen atoms in total. The molecule has 0 saturated carbocycles. The van der Waals surface area contributed by atoms with E-state index in [1.807, 2.05) is 0 Å². The quantitative estimate of drug-likeness (QED) is 0.353. The summed E-state index contributed by atoms with van der Waals surface area (Å²) in [7, 11) is 1.60. The van der Waals surface area contributed by atoms with Crippen molar-refractivity contribution in [2.45, 2.75) is 6.92 Å². The Hall–Kier alpha value is -0.760. The molecule has 0 aromatic heterocycles. The molecule has 0 aliphatic carbocycles. The van der Waals surface area contributed by atoms with Crippen molar-refractivity contribution in [3.05, 3.63) is 25.0 Å². The first-order chi connectivity index (χ1) is 4.54. The number of hydrogen-bond acceptors (Lipinski definition) is 2. The summed E-state index contributed by atoms with van der Waals surface area (Å²) in [5.74, 6) is 0.755. The lowest BCUT2D eigenvalue weighted by molar-refractivity contribution is -0.107. The van der Waals surface area contributed by atoms with Crippen molar-refractivity contribution in [3.63, 3.8) is 0 Å². The molecule has 0 rings (SSSR count). The first-order valence-electron chi connectivity index (χ1n) is 2.56. The molecule has 0 saturated heterocycles. The zero-order chi connectivity index (χ0) is 8.57. The van der Waals surface area contributed by atoms with Crippen LogP contribution in [-0.4, -0.2) is 12.4 Å². The van der Waals surface area contributed by atoms with Crippen LogP contribution in [0, 0.1) is 0 Å². The lowest BCUT2D eigenvalue weighted by atomic mass is 10.7. The maximum Gasteiger partial charge on any atom is 0.244 e. The van der Waals surface area contributed by atoms with E-state index >= 15 is 0 Å². The Labute approximate surface area is 66.1 Å². The van der Waals surface area contributed by atoms with E-state index in [0.29, 0.717) is 0 Å². The fraction of sp³-hybridized carbons (Fsp3) is 0.286. The van der Waals surface area contributed by atoms with Crippen LogP contribution < -0.4 is 0 Å². The van der Waals surface area contributed by atoms with Crippen LogP contribution in [-0.2, 0) is 9.53 Å². The molecule has 0 aromatic carbocycles. The highest BCUT2D eigenvalue weighted by Crippen LogP contribution is 1.80. The Morgan fingerprint density at radius 2 is 1.90 bits per heavy atom. The molecular formula is C7H11ClO2. The molecule has 0 fully saturated rings. The van der Waals surface area contributed by atoms with Crippen LogP contribution in [0.1, 0.15) is 6.92 Å². The summed E-state index contributed by atoms with van der Waals surface area (Å²) in [6.07, 6.45) is 1.04. The standard InChI is InChI=1S/C4H8O.C3H3ClO/c1-4(2)5-3;1-2-3(4)5/h1H2,2-3H3;2H,1H2. The molecule has 0 N–H and O–H groups in total. The number of carbonyl (C=O) groups excluding carboxylic acids is 1. The molecule has 3 heteroatoms. The normalized spacial score (nSPS) is 6.70. The van der Waals surface area contributed by atoms with Crippen LogP contribution in [0.25, 0.3) is 0 Å². The molecule has 10 heavy (non-hydrogen) atoms. The third-order valence-electron chi connectivity index (χ3n) is 0.509. The third-order valence-corrected chi connectivity index (χ3v) is 0.663. The van der Waals surface area contributed by atoms with Crippen molar-refractivity contribution in [3.8, 4) is 0 Å². The lowest BCUT2D eigenvalue weighted by Crippen LogP contribution is -1.70. The van der Waals surface area contributed by atoms with Gasteiger partial charge in [-0.15, -0.1) is 0 Å². The predicted octanol–water partition coefficient (Wildman–Crippen LogP) is 2.10. The minimum atomic E-state index is -0.509. The van der Waals surface area contributed by atoms with E-state index in [1.54, 1.807) is 14.0 Å². The minimum absolute atomic E-state index is 0.509. The molecule has 0 aromatic rings. The first-order valence-corrected chi connectivity index (χ1v) is 2.93. The molecule has 58 valence electrons. The van der Waals surface area contributed by atoms with E-state index in [1.165, 1.54) is 0 Å². The summed E-state index contributed by atoms with van der Waals surface area (Å²) in [4.78, 5) is 9.46. The van der Waals surface area contributed by atoms with Crippen LogP contribution in [0.3, 0.4) is 0 Å². The Morgan fingerprint density at radius 1 is 1.70 bits per heavy atom. The number of methoxy groups -OCH3 is 1. The number of carbonyl (C=O) groups is 1. The lowest BCUT2D eigenvalue weighted by Gasteiger charge is -1.88. The van der Waals surface area contributed by atoms with E-state index in [0.717, 1.165) is 11.8 Å². The van der Waals surface area contributed by atoms with Crippen molar-refractivity contribution in [2.75, 3.05) is 7.11 Å². The summed E-state index contributed by atoms with van der Waals surface area (Å²) in [6, 6.07) is 0. The zero-order valence-corrected chi connectivity index (χ0v) is 6.94. The summed E-state index contributed by atoms with van der Waals surface area (Å²) in [5, 5.41) is -0.509. The summed E-state index contributed by atoms with van der Waals surface area (Å²) < 4.78 is 4.56. The van der Waals surface area contributed by atoms with Gasteiger partial charge in [0.2, 0.25) is 5.24 Å². The number of ether oxygens (including phenoxy) is 1. The second-order valence-electron chi connectivity index (χ2n) is 1.41. The van der Waals surface area contributed by atoms with Gasteiger partial charge in [-0.3, -0.25) is 4.79 Å². The Bertz CT molecular complexity index is 130. The van der Waals surface area contributed by atoms with Gasteiger partial charge < -0.3 is 4.74 Å². The van der Waals surface area contributed by atoms with Crippen LogP contribution >= 0.6 is 11.6 Å². The highest BCUT2D eigenvalue weighted by Gasteiger charge is 1.74. The SMILES string of the molecule is C=C(C)OC.C=CC(=O)Cl. The van der Waals surface area contributed by atoms with Gasteiger partial charge in [0.15, 0.2) is 0 Å². The van der Waals surface area contributed by atoms with Gasteiger partial charge in [0.1, 0.15) is 0 Å². The van der Waals surface area contributed by atoms with Crippen molar-refractivity contribution < 1.29 is 9.53 Å². The van der Waals surface area contributed by atoms with E-state index in [2.05, 4.69) is 17.9 Å². The van der Waals surface area contributed by atoms with Crippen molar-refractivity contribution in [1.82, 2.24) is 0 Å². The molecule has 0 atom stereocenters. The number of allylic oxidation sites excluding steroid dienone is 2. The highest BCUT2D eigenvalue weighted by atomic mass is 35.5. The number of rotatable bonds is 2. The maximum atomic E-state index is 9.46. The van der Waals surface area contributed by atoms with E-state index in [-0.39, 0.29) is 0 Å². The van der Waals surface area contributed by atoms with Crippen LogP contribution in [0.5, 0.6) is 0 Å². The van der Waals surface area contributed by atoms with Gasteiger partial charge >= 0.3 is 0 Å². The van der Waals surface area contributed by atoms with Gasteiger partial charge in [0, 0.05) is 0 Å². The second kappa shape index (κ2) is 8.24. The van der Waals surface area contributed by atoms with Crippen LogP contribution in [0.4, 0.5) is 0 Å². The predicted molar refractivity (Wildman–Crippen MR) is 42.9 cm³/mol. The minimum Gasteiger partial charge on any atom is -0.502 e. The van der Waals surface area contributed by atoms with Gasteiger partial charge in [0.05, 0.1) is 12.9 Å². The van der Waals surface area contributed by atoms with Crippen LogP contribution in [0.2, 0.25) is 0 Å². The molecule has 0 aliphatic heterocycles. The largest absolute Gasteiger partial charge is 0.502 e. The van der Waals surface area contributed by atoms with Gasteiger partial charge in [-0.1, -0.05) is 13.2 Å². The Morgan fingerprint density at radius 3 is 1.90 bits per heavy atom. The average Bonchev–Trinajstić information content (AvgIpc) is 1.89. The average molecular weight is 163 g/mol. The van der Waals surface area contributed by atoms with Gasteiger partial charge in [-0.2, -0.15) is 0 Å². The van der Waals surface area contributed by atoms with Crippen molar-refractivity contribution in [1.29, 1.82) is 0 Å². The van der Waals surface area contributed by atoms with Crippen molar-refractivity contribution >= 4 is 16.8 Å². The van der Waals surface area contributed by atoms with E-state index in [9.17, 15) is 4.79 Å². The van der Waals surface area contributed by atoms with Gasteiger partial charge in [0.25, 0.3) is 0 Å². The van der Waals surface area contributed by atoms with E-state index in [4.69, 9.17) is 11.6 Å². The topological polar surface area (TPSA) is 26.3 Å². The number of hydrogen-bond donors (Lipinski definition) is 0. The number of halogens is 1. The molecule has 0 amide bonds. The molecule has 0 radical (unpaired) electrons. The summed E-state index contributed by atoms with van der Waals surface area (Å²) >= 11 is 4.71. The molecule has 0 aliphatic rings. The summed E-state index contributed by atoms with van der Waals surface area (Å²) in [5.41, 5.74) is 0. The molecule has 0 bridgehead atoms. The second-order valence-corrected chi connectivity index (χ2v) is 1.79. The summed E-state index contributed by atoms with van der Waals surface area (Å²) in [6.45, 7) is 8.34. The Kier molecular flexibility index (Phi) is 9.86.